The number of amides is 1. The molecular weight excluding hydrogens is 294 g/mol. The maximum atomic E-state index is 12.1. The highest BCUT2D eigenvalue weighted by Crippen LogP contribution is 2.09. The van der Waals surface area contributed by atoms with E-state index in [-0.39, 0.29) is 5.91 Å². The topological polar surface area (TPSA) is 67.6 Å². The molecule has 0 aliphatic carbocycles. The molecule has 0 unspecified atom stereocenters. The van der Waals surface area contributed by atoms with Crippen LogP contribution in [0.3, 0.4) is 0 Å². The highest BCUT2D eigenvalue weighted by Gasteiger charge is 2.16. The SMILES string of the molecule is O=C(NCCc1ccccc1)c1cc(CN2CCOCC2)on1. The third kappa shape index (κ3) is 4.64. The number of hydrogen-bond donors (Lipinski definition) is 1. The lowest BCUT2D eigenvalue weighted by Crippen LogP contribution is -2.35. The highest BCUT2D eigenvalue weighted by atomic mass is 16.5. The standard InChI is InChI=1S/C17H21N3O3/c21-17(18-7-6-14-4-2-1-3-5-14)16-12-15(23-19-16)13-20-8-10-22-11-9-20/h1-5,12H,6-11,13H2,(H,18,21). The second-order valence-electron chi connectivity index (χ2n) is 5.56. The Morgan fingerprint density at radius 3 is 2.78 bits per heavy atom. The summed E-state index contributed by atoms with van der Waals surface area (Å²) in [6.45, 7) is 4.46. The average molecular weight is 315 g/mol. The molecular formula is C17H21N3O3. The van der Waals surface area contributed by atoms with Crippen LogP contribution < -0.4 is 5.32 Å². The molecule has 0 spiro atoms. The van der Waals surface area contributed by atoms with Crippen LogP contribution in [0.4, 0.5) is 0 Å². The molecule has 0 radical (unpaired) electrons. The van der Waals surface area contributed by atoms with Crippen molar-refractivity contribution in [2.24, 2.45) is 0 Å². The third-order valence-corrected chi connectivity index (χ3v) is 3.82. The Labute approximate surface area is 135 Å². The van der Waals surface area contributed by atoms with Gasteiger partial charge in [-0.05, 0) is 12.0 Å². The van der Waals surface area contributed by atoms with E-state index in [1.807, 2.05) is 30.3 Å². The summed E-state index contributed by atoms with van der Waals surface area (Å²) in [7, 11) is 0. The molecule has 1 N–H and O–H groups in total. The van der Waals surface area contributed by atoms with Crippen molar-refractivity contribution in [3.05, 3.63) is 53.4 Å². The first-order valence-corrected chi connectivity index (χ1v) is 7.89. The van der Waals surface area contributed by atoms with Crippen LogP contribution >= 0.6 is 0 Å². The van der Waals surface area contributed by atoms with Gasteiger partial charge in [-0.3, -0.25) is 9.69 Å². The number of benzene rings is 1. The number of nitrogens with one attached hydrogen (secondary N) is 1. The largest absolute Gasteiger partial charge is 0.379 e. The predicted octanol–water partition coefficient (Wildman–Crippen LogP) is 1.48. The zero-order valence-electron chi connectivity index (χ0n) is 13.0. The summed E-state index contributed by atoms with van der Waals surface area (Å²) in [5.41, 5.74) is 1.53. The summed E-state index contributed by atoms with van der Waals surface area (Å²) in [5, 5.41) is 6.73. The molecule has 122 valence electrons. The normalized spacial score (nSPS) is 15.5. The molecule has 2 aromatic rings. The third-order valence-electron chi connectivity index (χ3n) is 3.82. The van der Waals surface area contributed by atoms with Crippen LogP contribution in [0.15, 0.2) is 40.9 Å². The molecule has 1 fully saturated rings. The summed E-state index contributed by atoms with van der Waals surface area (Å²) >= 11 is 0. The molecule has 23 heavy (non-hydrogen) atoms. The van der Waals surface area contributed by atoms with Gasteiger partial charge in [-0.25, -0.2) is 0 Å². The van der Waals surface area contributed by atoms with Crippen LogP contribution in [0.5, 0.6) is 0 Å². The van der Waals surface area contributed by atoms with E-state index in [2.05, 4.69) is 15.4 Å². The van der Waals surface area contributed by atoms with Gasteiger partial charge in [0.25, 0.3) is 5.91 Å². The molecule has 1 amide bonds. The molecule has 2 heterocycles. The number of ether oxygens (including phenoxy) is 1. The van der Waals surface area contributed by atoms with E-state index in [0.717, 1.165) is 32.7 Å². The van der Waals surface area contributed by atoms with Gasteiger partial charge >= 0.3 is 0 Å². The van der Waals surface area contributed by atoms with Gasteiger partial charge in [0.1, 0.15) is 0 Å². The lowest BCUT2D eigenvalue weighted by Gasteiger charge is -2.25. The first-order chi connectivity index (χ1) is 11.3. The summed E-state index contributed by atoms with van der Waals surface area (Å²) in [4.78, 5) is 14.3. The number of carbonyl (C=O) groups is 1. The Bertz CT molecular complexity index is 621. The van der Waals surface area contributed by atoms with E-state index >= 15 is 0 Å². The fourth-order valence-corrected chi connectivity index (χ4v) is 2.53. The van der Waals surface area contributed by atoms with Crippen LogP contribution in [0.25, 0.3) is 0 Å². The number of carbonyl (C=O) groups excluding carboxylic acids is 1. The van der Waals surface area contributed by atoms with Gasteiger partial charge in [0.2, 0.25) is 0 Å². The minimum Gasteiger partial charge on any atom is -0.379 e. The monoisotopic (exact) mass is 315 g/mol. The molecule has 0 saturated carbocycles. The molecule has 6 nitrogen and oxygen atoms in total. The zero-order valence-corrected chi connectivity index (χ0v) is 13.0. The molecule has 0 atom stereocenters. The van der Waals surface area contributed by atoms with Gasteiger partial charge in [-0.15, -0.1) is 0 Å². The maximum Gasteiger partial charge on any atom is 0.273 e. The number of aromatic nitrogens is 1. The second-order valence-corrected chi connectivity index (χ2v) is 5.56. The molecule has 0 bridgehead atoms. The average Bonchev–Trinajstić information content (AvgIpc) is 3.05. The fraction of sp³-hybridized carbons (Fsp3) is 0.412. The first-order valence-electron chi connectivity index (χ1n) is 7.89. The fourth-order valence-electron chi connectivity index (χ4n) is 2.53. The Kier molecular flexibility index (Phi) is 5.39. The molecule has 1 saturated heterocycles. The van der Waals surface area contributed by atoms with Crippen LogP contribution in [-0.2, 0) is 17.7 Å². The summed E-state index contributed by atoms with van der Waals surface area (Å²) in [5.74, 6) is 0.512. The van der Waals surface area contributed by atoms with E-state index in [1.165, 1.54) is 5.56 Å². The number of hydrogen-bond acceptors (Lipinski definition) is 5. The summed E-state index contributed by atoms with van der Waals surface area (Å²) in [6.07, 6.45) is 0.797. The van der Waals surface area contributed by atoms with Crippen LogP contribution in [-0.4, -0.2) is 48.8 Å². The van der Waals surface area contributed by atoms with E-state index in [1.54, 1.807) is 6.07 Å². The van der Waals surface area contributed by atoms with E-state index in [4.69, 9.17) is 9.26 Å². The van der Waals surface area contributed by atoms with Gasteiger partial charge in [0.15, 0.2) is 11.5 Å². The summed E-state index contributed by atoms with van der Waals surface area (Å²) in [6, 6.07) is 11.8. The molecule has 6 heteroatoms. The van der Waals surface area contributed by atoms with Crippen molar-refractivity contribution < 1.29 is 14.1 Å². The minimum atomic E-state index is -0.196. The number of rotatable bonds is 6. The van der Waals surface area contributed by atoms with E-state index in [9.17, 15) is 4.79 Å². The lowest BCUT2D eigenvalue weighted by atomic mass is 10.1. The van der Waals surface area contributed by atoms with Crippen LogP contribution in [0, 0.1) is 0 Å². The van der Waals surface area contributed by atoms with Crippen molar-refractivity contribution in [3.8, 4) is 0 Å². The van der Waals surface area contributed by atoms with E-state index < -0.39 is 0 Å². The van der Waals surface area contributed by atoms with Crippen molar-refractivity contribution in [3.63, 3.8) is 0 Å². The lowest BCUT2D eigenvalue weighted by molar-refractivity contribution is 0.0305. The maximum absolute atomic E-state index is 12.1. The molecule has 1 aromatic carbocycles. The zero-order chi connectivity index (χ0) is 15.9. The minimum absolute atomic E-state index is 0.196. The molecule has 1 aromatic heterocycles. The number of morpholine rings is 1. The predicted molar refractivity (Wildman–Crippen MR) is 85.1 cm³/mol. The van der Waals surface area contributed by atoms with Crippen LogP contribution in [0.1, 0.15) is 21.8 Å². The second kappa shape index (κ2) is 7.89. The van der Waals surface area contributed by atoms with Gasteiger partial charge in [0.05, 0.1) is 19.8 Å². The van der Waals surface area contributed by atoms with Crippen molar-refractivity contribution in [1.29, 1.82) is 0 Å². The van der Waals surface area contributed by atoms with Gasteiger partial charge < -0.3 is 14.6 Å². The van der Waals surface area contributed by atoms with Gasteiger partial charge in [0, 0.05) is 25.7 Å². The van der Waals surface area contributed by atoms with Crippen molar-refractivity contribution in [1.82, 2.24) is 15.4 Å². The number of nitrogens with zero attached hydrogens (tertiary/aromatic N) is 2. The molecule has 1 aliphatic rings. The first kappa shape index (κ1) is 15.7. The Morgan fingerprint density at radius 1 is 1.22 bits per heavy atom. The van der Waals surface area contributed by atoms with E-state index in [0.29, 0.717) is 24.5 Å². The van der Waals surface area contributed by atoms with Crippen molar-refractivity contribution >= 4 is 5.91 Å². The van der Waals surface area contributed by atoms with Crippen LogP contribution in [0.2, 0.25) is 0 Å². The smallest absolute Gasteiger partial charge is 0.273 e. The Hall–Kier alpha value is -2.18. The highest BCUT2D eigenvalue weighted by molar-refractivity contribution is 5.92. The Balaban J connectivity index is 1.46. The van der Waals surface area contributed by atoms with Gasteiger partial charge in [-0.2, -0.15) is 0 Å². The molecule has 3 rings (SSSR count). The summed E-state index contributed by atoms with van der Waals surface area (Å²) < 4.78 is 10.6. The Morgan fingerprint density at radius 2 is 2.00 bits per heavy atom. The quantitative estimate of drug-likeness (QED) is 0.874. The molecule has 1 aliphatic heterocycles. The van der Waals surface area contributed by atoms with Crippen molar-refractivity contribution in [2.75, 3.05) is 32.8 Å². The van der Waals surface area contributed by atoms with Crippen molar-refractivity contribution in [2.45, 2.75) is 13.0 Å². The van der Waals surface area contributed by atoms with Gasteiger partial charge in [-0.1, -0.05) is 35.5 Å².